The third-order valence-electron chi connectivity index (χ3n) is 2.24. The van der Waals surface area contributed by atoms with Gasteiger partial charge in [-0.1, -0.05) is 12.1 Å². The van der Waals surface area contributed by atoms with E-state index in [0.717, 1.165) is 11.3 Å². The molecule has 0 bridgehead atoms. The molecule has 1 rings (SSSR count). The molecule has 0 saturated carbocycles. The first-order chi connectivity index (χ1) is 8.13. The van der Waals surface area contributed by atoms with Gasteiger partial charge in [0, 0.05) is 32.9 Å². The minimum atomic E-state index is -0.438. The second kappa shape index (κ2) is 6.75. The maximum atomic E-state index is 11.2. The summed E-state index contributed by atoms with van der Waals surface area (Å²) in [4.78, 5) is 13.2. The van der Waals surface area contributed by atoms with Gasteiger partial charge in [-0.2, -0.15) is 0 Å². The molecular weight excluding hydrogens is 218 g/mol. The molecule has 0 spiro atoms. The number of nitrogens with zero attached hydrogens (tertiary/aromatic N) is 1. The van der Waals surface area contributed by atoms with Crippen LogP contribution >= 0.6 is 0 Å². The molecule has 0 aliphatic carbocycles. The molecule has 0 aliphatic rings. The fraction of sp³-hybridized carbons (Fsp3) is 0.417. The zero-order valence-corrected chi connectivity index (χ0v) is 10.3. The van der Waals surface area contributed by atoms with Gasteiger partial charge in [0.1, 0.15) is 6.61 Å². The Morgan fingerprint density at radius 1 is 1.35 bits per heavy atom. The predicted molar refractivity (Wildman–Crippen MR) is 68.0 cm³/mol. The highest BCUT2D eigenvalue weighted by Gasteiger charge is 2.01. The number of ether oxygens (including phenoxy) is 1. The minimum Gasteiger partial charge on any atom is -0.445 e. The zero-order chi connectivity index (χ0) is 12.7. The number of alkyl carbamates (subject to hydrolysis) is 1. The smallest absolute Gasteiger partial charge is 0.407 e. The minimum absolute atomic E-state index is 0.268. The Balaban J connectivity index is 2.39. The van der Waals surface area contributed by atoms with E-state index in [0.29, 0.717) is 13.1 Å². The van der Waals surface area contributed by atoms with E-state index >= 15 is 0 Å². The number of carbonyl (C=O) groups excluding carboxylic acids is 1. The van der Waals surface area contributed by atoms with Crippen LogP contribution in [0.1, 0.15) is 5.56 Å². The van der Waals surface area contributed by atoms with Gasteiger partial charge in [0.25, 0.3) is 0 Å². The third-order valence-corrected chi connectivity index (χ3v) is 2.24. The second-order valence-corrected chi connectivity index (χ2v) is 3.85. The van der Waals surface area contributed by atoms with Crippen LogP contribution in [0.2, 0.25) is 0 Å². The lowest BCUT2D eigenvalue weighted by molar-refractivity contribution is 0.140. The highest BCUT2D eigenvalue weighted by atomic mass is 16.5. The second-order valence-electron chi connectivity index (χ2n) is 3.85. The Morgan fingerprint density at radius 2 is 2.00 bits per heavy atom. The van der Waals surface area contributed by atoms with Crippen molar-refractivity contribution >= 4 is 11.8 Å². The molecule has 0 unspecified atom stereocenters. The van der Waals surface area contributed by atoms with Crippen molar-refractivity contribution in [3.05, 3.63) is 29.8 Å². The average molecular weight is 237 g/mol. The molecule has 0 aromatic heterocycles. The molecule has 3 N–H and O–H groups in total. The molecular formula is C12H19N3O2. The number of amides is 1. The largest absolute Gasteiger partial charge is 0.445 e. The number of hydrogen-bond donors (Lipinski definition) is 2. The summed E-state index contributed by atoms with van der Waals surface area (Å²) in [6.07, 6.45) is -0.438. The van der Waals surface area contributed by atoms with Crippen molar-refractivity contribution < 1.29 is 9.53 Å². The van der Waals surface area contributed by atoms with Crippen molar-refractivity contribution in [3.63, 3.8) is 0 Å². The van der Waals surface area contributed by atoms with Gasteiger partial charge < -0.3 is 20.7 Å². The zero-order valence-electron chi connectivity index (χ0n) is 10.3. The molecule has 0 heterocycles. The average Bonchev–Trinajstić information content (AvgIpc) is 2.34. The van der Waals surface area contributed by atoms with Gasteiger partial charge in [-0.15, -0.1) is 0 Å². The summed E-state index contributed by atoms with van der Waals surface area (Å²) in [5.41, 5.74) is 7.32. The van der Waals surface area contributed by atoms with Crippen molar-refractivity contribution in [3.8, 4) is 0 Å². The molecule has 94 valence electrons. The quantitative estimate of drug-likeness (QED) is 0.799. The van der Waals surface area contributed by atoms with E-state index in [2.05, 4.69) is 5.32 Å². The molecule has 1 aromatic rings. The summed E-state index contributed by atoms with van der Waals surface area (Å²) in [5, 5.41) is 2.54. The fourth-order valence-corrected chi connectivity index (χ4v) is 1.26. The molecule has 1 aromatic carbocycles. The van der Waals surface area contributed by atoms with Gasteiger partial charge in [0.15, 0.2) is 0 Å². The first-order valence-electron chi connectivity index (χ1n) is 5.50. The van der Waals surface area contributed by atoms with Gasteiger partial charge in [-0.3, -0.25) is 0 Å². The monoisotopic (exact) mass is 237 g/mol. The molecule has 0 atom stereocenters. The fourth-order valence-electron chi connectivity index (χ4n) is 1.26. The van der Waals surface area contributed by atoms with E-state index in [9.17, 15) is 4.79 Å². The van der Waals surface area contributed by atoms with E-state index in [1.165, 1.54) is 0 Å². The van der Waals surface area contributed by atoms with E-state index in [1.54, 1.807) is 0 Å². The Kier molecular flexibility index (Phi) is 5.29. The lowest BCUT2D eigenvalue weighted by atomic mass is 10.2. The molecule has 0 aliphatic heterocycles. The molecule has 0 saturated heterocycles. The topological polar surface area (TPSA) is 67.6 Å². The molecule has 0 radical (unpaired) electrons. The van der Waals surface area contributed by atoms with Gasteiger partial charge in [-0.25, -0.2) is 4.79 Å². The third kappa shape index (κ3) is 4.74. The summed E-state index contributed by atoms with van der Waals surface area (Å²) in [7, 11) is 3.96. The molecule has 17 heavy (non-hydrogen) atoms. The standard InChI is InChI=1S/C12H19N3O2/c1-15(2)11-5-3-10(4-6-11)9-17-12(16)14-8-7-13/h3-6H,7-9,13H2,1-2H3,(H,14,16). The molecule has 1 amide bonds. The van der Waals surface area contributed by atoms with Crippen LogP contribution in [0.4, 0.5) is 10.5 Å². The number of rotatable bonds is 5. The van der Waals surface area contributed by atoms with Crippen molar-refractivity contribution in [2.75, 3.05) is 32.1 Å². The van der Waals surface area contributed by atoms with E-state index < -0.39 is 6.09 Å². The first kappa shape index (κ1) is 13.3. The molecule has 5 heteroatoms. The Labute approximate surface area is 102 Å². The maximum Gasteiger partial charge on any atom is 0.407 e. The summed E-state index contributed by atoms with van der Waals surface area (Å²) in [5.74, 6) is 0. The first-order valence-corrected chi connectivity index (χ1v) is 5.50. The van der Waals surface area contributed by atoms with Crippen LogP contribution in [0.3, 0.4) is 0 Å². The number of nitrogens with two attached hydrogens (primary N) is 1. The van der Waals surface area contributed by atoms with Gasteiger partial charge >= 0.3 is 6.09 Å². The Morgan fingerprint density at radius 3 is 2.53 bits per heavy atom. The highest BCUT2D eigenvalue weighted by Crippen LogP contribution is 2.12. The summed E-state index contributed by atoms with van der Waals surface area (Å²) >= 11 is 0. The van der Waals surface area contributed by atoms with Crippen LogP contribution in [-0.2, 0) is 11.3 Å². The SMILES string of the molecule is CN(C)c1ccc(COC(=O)NCCN)cc1. The van der Waals surface area contributed by atoms with Gasteiger partial charge in [-0.05, 0) is 17.7 Å². The normalized spacial score (nSPS) is 9.82. The summed E-state index contributed by atoms with van der Waals surface area (Å²) in [6, 6.07) is 7.84. The van der Waals surface area contributed by atoms with E-state index in [4.69, 9.17) is 10.5 Å². The van der Waals surface area contributed by atoms with Crippen molar-refractivity contribution in [1.29, 1.82) is 0 Å². The van der Waals surface area contributed by atoms with Crippen LogP contribution in [0, 0.1) is 0 Å². The summed E-state index contributed by atoms with van der Waals surface area (Å²) in [6.45, 7) is 1.11. The Bertz CT molecular complexity index is 349. The lowest BCUT2D eigenvalue weighted by Gasteiger charge is -2.12. The van der Waals surface area contributed by atoms with Gasteiger partial charge in [0.05, 0.1) is 0 Å². The van der Waals surface area contributed by atoms with Gasteiger partial charge in [0.2, 0.25) is 0 Å². The van der Waals surface area contributed by atoms with E-state index in [1.807, 2.05) is 43.3 Å². The van der Waals surface area contributed by atoms with Crippen molar-refractivity contribution in [1.82, 2.24) is 5.32 Å². The maximum absolute atomic E-state index is 11.2. The summed E-state index contributed by atoms with van der Waals surface area (Å²) < 4.78 is 5.01. The highest BCUT2D eigenvalue weighted by molar-refractivity contribution is 5.67. The number of anilines is 1. The number of carbonyl (C=O) groups is 1. The van der Waals surface area contributed by atoms with Crippen LogP contribution in [0.15, 0.2) is 24.3 Å². The number of nitrogens with one attached hydrogen (secondary N) is 1. The predicted octanol–water partition coefficient (Wildman–Crippen LogP) is 0.937. The van der Waals surface area contributed by atoms with Crippen molar-refractivity contribution in [2.24, 2.45) is 5.73 Å². The van der Waals surface area contributed by atoms with Crippen LogP contribution in [0.25, 0.3) is 0 Å². The number of hydrogen-bond acceptors (Lipinski definition) is 4. The van der Waals surface area contributed by atoms with Crippen LogP contribution in [-0.4, -0.2) is 33.3 Å². The molecule has 0 fully saturated rings. The van der Waals surface area contributed by atoms with Crippen LogP contribution in [0.5, 0.6) is 0 Å². The number of benzene rings is 1. The molecule has 5 nitrogen and oxygen atoms in total. The van der Waals surface area contributed by atoms with E-state index in [-0.39, 0.29) is 6.61 Å². The van der Waals surface area contributed by atoms with Crippen LogP contribution < -0.4 is 16.0 Å². The van der Waals surface area contributed by atoms with Crippen molar-refractivity contribution in [2.45, 2.75) is 6.61 Å². The Hall–Kier alpha value is -1.75. The lowest BCUT2D eigenvalue weighted by Crippen LogP contribution is -2.29.